The van der Waals surface area contributed by atoms with Gasteiger partial charge in [-0.05, 0) is 46.7 Å². The van der Waals surface area contributed by atoms with E-state index in [1.54, 1.807) is 22.7 Å². The van der Waals surface area contributed by atoms with Crippen LogP contribution in [0.2, 0.25) is 0 Å². The maximum Gasteiger partial charge on any atom is 0.220 e. The summed E-state index contributed by atoms with van der Waals surface area (Å²) in [6.07, 6.45) is 2.36. The average Bonchev–Trinajstić information content (AvgIpc) is 2.99. The summed E-state index contributed by atoms with van der Waals surface area (Å²) in [4.78, 5) is 12.9. The second-order valence-corrected chi connectivity index (χ2v) is 5.62. The summed E-state index contributed by atoms with van der Waals surface area (Å²) in [5, 5.41) is 9.16. The normalized spacial score (nSPS) is 10.4. The Morgan fingerprint density at radius 3 is 2.88 bits per heavy atom. The highest BCUT2D eigenvalue weighted by Crippen LogP contribution is 2.09. The minimum Gasteiger partial charge on any atom is -0.356 e. The molecule has 0 atom stereocenters. The fourth-order valence-electron chi connectivity index (χ4n) is 1.56. The van der Waals surface area contributed by atoms with Gasteiger partial charge in [0.25, 0.3) is 0 Å². The van der Waals surface area contributed by atoms with Crippen molar-refractivity contribution in [3.05, 3.63) is 44.8 Å². The van der Waals surface area contributed by atoms with E-state index in [-0.39, 0.29) is 5.91 Å². The van der Waals surface area contributed by atoms with Crippen LogP contribution in [0.1, 0.15) is 16.9 Å². The summed E-state index contributed by atoms with van der Waals surface area (Å²) in [5.74, 6) is 0.146. The Bertz CT molecular complexity index is 434. The lowest BCUT2D eigenvalue weighted by atomic mass is 10.2. The lowest BCUT2D eigenvalue weighted by molar-refractivity contribution is -0.121. The highest BCUT2D eigenvalue weighted by Gasteiger charge is 2.02. The molecule has 0 saturated carbocycles. The number of nitrogens with one attached hydrogen (secondary N) is 1. The van der Waals surface area contributed by atoms with Gasteiger partial charge in [0.05, 0.1) is 0 Å². The number of carbonyl (C=O) groups is 1. The first kappa shape index (κ1) is 12.3. The first-order valence-corrected chi connectivity index (χ1v) is 7.47. The second-order valence-electron chi connectivity index (χ2n) is 3.81. The van der Waals surface area contributed by atoms with Crippen LogP contribution in [0.25, 0.3) is 0 Å². The van der Waals surface area contributed by atoms with E-state index in [1.165, 1.54) is 10.4 Å². The maximum atomic E-state index is 11.6. The largest absolute Gasteiger partial charge is 0.356 e. The molecule has 4 heteroatoms. The summed E-state index contributed by atoms with van der Waals surface area (Å²) >= 11 is 3.41. The molecule has 0 aliphatic carbocycles. The maximum absolute atomic E-state index is 11.6. The molecule has 17 heavy (non-hydrogen) atoms. The van der Waals surface area contributed by atoms with Gasteiger partial charge in [0, 0.05) is 17.8 Å². The van der Waals surface area contributed by atoms with Crippen LogP contribution in [0.15, 0.2) is 34.3 Å². The molecule has 0 aromatic carbocycles. The van der Waals surface area contributed by atoms with E-state index in [0.29, 0.717) is 6.42 Å². The molecular formula is C13H15NOS2. The Labute approximate surface area is 109 Å². The molecule has 2 aromatic heterocycles. The van der Waals surface area contributed by atoms with Gasteiger partial charge < -0.3 is 5.32 Å². The highest BCUT2D eigenvalue weighted by atomic mass is 32.1. The van der Waals surface area contributed by atoms with Gasteiger partial charge in [-0.15, -0.1) is 11.3 Å². The first-order valence-electron chi connectivity index (χ1n) is 5.65. The van der Waals surface area contributed by atoms with Crippen molar-refractivity contribution in [2.45, 2.75) is 19.3 Å². The molecule has 0 radical (unpaired) electrons. The third-order valence-corrected chi connectivity index (χ3v) is 4.16. The molecule has 0 spiro atoms. The predicted molar refractivity (Wildman–Crippen MR) is 73.7 cm³/mol. The zero-order chi connectivity index (χ0) is 11.9. The predicted octanol–water partition coefficient (Wildman–Crippen LogP) is 3.10. The van der Waals surface area contributed by atoms with E-state index in [0.717, 1.165) is 19.4 Å². The molecule has 0 bridgehead atoms. The summed E-state index contributed by atoms with van der Waals surface area (Å²) in [6.45, 7) is 0.739. The van der Waals surface area contributed by atoms with Crippen molar-refractivity contribution in [3.63, 3.8) is 0 Å². The van der Waals surface area contributed by atoms with Crippen LogP contribution >= 0.6 is 22.7 Å². The summed E-state index contributed by atoms with van der Waals surface area (Å²) in [6, 6.07) is 6.21. The Hall–Kier alpha value is -1.13. The van der Waals surface area contributed by atoms with Gasteiger partial charge in [-0.1, -0.05) is 6.07 Å². The SMILES string of the molecule is O=C(CCc1ccsc1)NCCc1cccs1. The van der Waals surface area contributed by atoms with Crippen molar-refractivity contribution >= 4 is 28.6 Å². The van der Waals surface area contributed by atoms with Crippen LogP contribution in [0.4, 0.5) is 0 Å². The Balaban J connectivity index is 1.61. The lowest BCUT2D eigenvalue weighted by Crippen LogP contribution is -2.25. The topological polar surface area (TPSA) is 29.1 Å². The number of hydrogen-bond donors (Lipinski definition) is 1. The zero-order valence-corrected chi connectivity index (χ0v) is 11.2. The molecule has 2 nitrogen and oxygen atoms in total. The third-order valence-electron chi connectivity index (χ3n) is 2.49. The molecule has 1 amide bonds. The Morgan fingerprint density at radius 2 is 2.18 bits per heavy atom. The Morgan fingerprint density at radius 1 is 1.24 bits per heavy atom. The molecule has 90 valence electrons. The number of thiophene rings is 2. The number of rotatable bonds is 6. The van der Waals surface area contributed by atoms with Crippen LogP contribution in [0.5, 0.6) is 0 Å². The van der Waals surface area contributed by atoms with Crippen molar-refractivity contribution in [1.82, 2.24) is 5.32 Å². The van der Waals surface area contributed by atoms with Crippen LogP contribution in [-0.4, -0.2) is 12.5 Å². The van der Waals surface area contributed by atoms with Crippen molar-refractivity contribution in [2.24, 2.45) is 0 Å². The number of aryl methyl sites for hydroxylation is 1. The van der Waals surface area contributed by atoms with Crippen LogP contribution in [0, 0.1) is 0 Å². The van der Waals surface area contributed by atoms with Crippen molar-refractivity contribution in [2.75, 3.05) is 6.54 Å². The summed E-state index contributed by atoms with van der Waals surface area (Å²) in [5.41, 5.74) is 1.25. The van der Waals surface area contributed by atoms with Gasteiger partial charge in [0.2, 0.25) is 5.91 Å². The molecule has 1 N–H and O–H groups in total. The van der Waals surface area contributed by atoms with E-state index in [1.807, 2.05) is 11.4 Å². The van der Waals surface area contributed by atoms with Crippen LogP contribution in [0.3, 0.4) is 0 Å². The van der Waals surface area contributed by atoms with E-state index in [4.69, 9.17) is 0 Å². The van der Waals surface area contributed by atoms with Crippen LogP contribution in [-0.2, 0) is 17.6 Å². The van der Waals surface area contributed by atoms with E-state index >= 15 is 0 Å². The van der Waals surface area contributed by atoms with Gasteiger partial charge in [0.15, 0.2) is 0 Å². The van der Waals surface area contributed by atoms with E-state index < -0.39 is 0 Å². The number of carbonyl (C=O) groups excluding carboxylic acids is 1. The monoisotopic (exact) mass is 265 g/mol. The van der Waals surface area contributed by atoms with Gasteiger partial charge in [-0.2, -0.15) is 11.3 Å². The molecule has 0 aliphatic rings. The van der Waals surface area contributed by atoms with E-state index in [2.05, 4.69) is 28.2 Å². The highest BCUT2D eigenvalue weighted by molar-refractivity contribution is 7.09. The standard InChI is InChI=1S/C13H15NOS2/c15-13(4-3-11-6-9-16-10-11)14-7-5-12-2-1-8-17-12/h1-2,6,8-10H,3-5,7H2,(H,14,15). The van der Waals surface area contributed by atoms with Crippen LogP contribution < -0.4 is 5.32 Å². The summed E-state index contributed by atoms with van der Waals surface area (Å²) in [7, 11) is 0. The number of hydrogen-bond acceptors (Lipinski definition) is 3. The zero-order valence-electron chi connectivity index (χ0n) is 9.52. The minimum absolute atomic E-state index is 0.146. The molecule has 2 rings (SSSR count). The smallest absolute Gasteiger partial charge is 0.220 e. The fraction of sp³-hybridized carbons (Fsp3) is 0.308. The first-order chi connectivity index (χ1) is 8.34. The lowest BCUT2D eigenvalue weighted by Gasteiger charge is -2.03. The summed E-state index contributed by atoms with van der Waals surface area (Å²) < 4.78 is 0. The molecular weight excluding hydrogens is 250 g/mol. The number of amides is 1. The molecule has 0 unspecified atom stereocenters. The second kappa shape index (κ2) is 6.57. The molecule has 0 aliphatic heterocycles. The quantitative estimate of drug-likeness (QED) is 0.854. The van der Waals surface area contributed by atoms with Gasteiger partial charge >= 0.3 is 0 Å². The van der Waals surface area contributed by atoms with Crippen molar-refractivity contribution in [3.8, 4) is 0 Å². The molecule has 0 saturated heterocycles. The average molecular weight is 265 g/mol. The van der Waals surface area contributed by atoms with Gasteiger partial charge in [-0.25, -0.2) is 0 Å². The van der Waals surface area contributed by atoms with Gasteiger partial charge in [0.1, 0.15) is 0 Å². The molecule has 2 heterocycles. The third kappa shape index (κ3) is 4.32. The Kier molecular flexibility index (Phi) is 4.76. The van der Waals surface area contributed by atoms with Crippen molar-refractivity contribution in [1.29, 1.82) is 0 Å². The molecule has 0 fully saturated rings. The fourth-order valence-corrected chi connectivity index (χ4v) is 2.97. The van der Waals surface area contributed by atoms with Gasteiger partial charge in [-0.3, -0.25) is 4.79 Å². The molecule has 2 aromatic rings. The van der Waals surface area contributed by atoms with E-state index in [9.17, 15) is 4.79 Å². The van der Waals surface area contributed by atoms with Crippen molar-refractivity contribution < 1.29 is 4.79 Å². The minimum atomic E-state index is 0.146.